The molecule has 2 aromatic carbocycles. The fourth-order valence-corrected chi connectivity index (χ4v) is 1.77. The topological polar surface area (TPSA) is 26.3 Å². The first-order valence-electron chi connectivity index (χ1n) is 5.72. The normalized spacial score (nSPS) is 10.3. The van der Waals surface area contributed by atoms with Crippen LogP contribution in [-0.2, 0) is 6.42 Å². The van der Waals surface area contributed by atoms with Crippen molar-refractivity contribution < 1.29 is 18.3 Å². The van der Waals surface area contributed by atoms with Gasteiger partial charge in [0, 0.05) is 6.42 Å². The van der Waals surface area contributed by atoms with E-state index >= 15 is 0 Å². The Morgan fingerprint density at radius 2 is 1.79 bits per heavy atom. The Bertz CT molecular complexity index is 592. The first-order valence-corrected chi connectivity index (χ1v) is 5.72. The van der Waals surface area contributed by atoms with E-state index in [-0.39, 0.29) is 29.3 Å². The van der Waals surface area contributed by atoms with Crippen molar-refractivity contribution in [2.75, 3.05) is 7.11 Å². The van der Waals surface area contributed by atoms with Crippen molar-refractivity contribution in [1.82, 2.24) is 0 Å². The molecule has 0 aliphatic rings. The van der Waals surface area contributed by atoms with Crippen LogP contribution in [-0.4, -0.2) is 12.9 Å². The molecule has 0 saturated carbocycles. The number of rotatable bonds is 4. The first-order chi connectivity index (χ1) is 9.11. The van der Waals surface area contributed by atoms with Crippen molar-refractivity contribution in [2.24, 2.45) is 0 Å². The molecular weight excluding hydrogens is 250 g/mol. The van der Waals surface area contributed by atoms with E-state index in [1.165, 1.54) is 43.5 Å². The summed E-state index contributed by atoms with van der Waals surface area (Å²) in [7, 11) is 1.34. The summed E-state index contributed by atoms with van der Waals surface area (Å²) in [6.45, 7) is 0. The predicted molar refractivity (Wildman–Crippen MR) is 67.4 cm³/mol. The van der Waals surface area contributed by atoms with Crippen LogP contribution in [0, 0.1) is 11.6 Å². The Balaban J connectivity index is 2.23. The summed E-state index contributed by atoms with van der Waals surface area (Å²) in [6.07, 6.45) is 0.0182. The molecule has 0 aliphatic heterocycles. The van der Waals surface area contributed by atoms with Crippen LogP contribution in [0.25, 0.3) is 0 Å². The van der Waals surface area contributed by atoms with Gasteiger partial charge in [-0.1, -0.05) is 18.2 Å². The molecule has 2 rings (SSSR count). The minimum absolute atomic E-state index is 0.0182. The number of ketones is 1. The monoisotopic (exact) mass is 262 g/mol. The molecular formula is C15H12F2O2. The average Bonchev–Trinajstić information content (AvgIpc) is 2.41. The van der Waals surface area contributed by atoms with E-state index < -0.39 is 5.82 Å². The summed E-state index contributed by atoms with van der Waals surface area (Å²) in [5.41, 5.74) is 0.609. The average molecular weight is 262 g/mol. The molecule has 2 nitrogen and oxygen atoms in total. The molecule has 0 spiro atoms. The second-order valence-corrected chi connectivity index (χ2v) is 4.05. The number of benzene rings is 2. The van der Waals surface area contributed by atoms with E-state index in [0.29, 0.717) is 5.56 Å². The van der Waals surface area contributed by atoms with Gasteiger partial charge in [-0.15, -0.1) is 0 Å². The molecule has 19 heavy (non-hydrogen) atoms. The van der Waals surface area contributed by atoms with Gasteiger partial charge in [-0.05, 0) is 29.8 Å². The third kappa shape index (κ3) is 2.96. The van der Waals surface area contributed by atoms with Crippen molar-refractivity contribution in [3.05, 3.63) is 65.2 Å². The lowest BCUT2D eigenvalue weighted by Crippen LogP contribution is -2.07. The minimum Gasteiger partial charge on any atom is -0.494 e. The number of ether oxygens (including phenoxy) is 1. The van der Waals surface area contributed by atoms with Crippen molar-refractivity contribution in [1.29, 1.82) is 0 Å². The van der Waals surface area contributed by atoms with Gasteiger partial charge in [0.25, 0.3) is 0 Å². The highest BCUT2D eigenvalue weighted by Gasteiger charge is 2.15. The lowest BCUT2D eigenvalue weighted by atomic mass is 10.0. The number of halogens is 2. The first kappa shape index (κ1) is 13.2. The van der Waals surface area contributed by atoms with Gasteiger partial charge in [-0.25, -0.2) is 8.78 Å². The highest BCUT2D eigenvalue weighted by Crippen LogP contribution is 2.21. The highest BCUT2D eigenvalue weighted by atomic mass is 19.1. The van der Waals surface area contributed by atoms with Gasteiger partial charge in [-0.2, -0.15) is 0 Å². The third-order valence-corrected chi connectivity index (χ3v) is 2.76. The lowest BCUT2D eigenvalue weighted by molar-refractivity contribution is 0.0988. The second-order valence-electron chi connectivity index (χ2n) is 4.05. The molecule has 0 N–H and O–H groups in total. The molecule has 0 bridgehead atoms. The minimum atomic E-state index is -0.669. The van der Waals surface area contributed by atoms with Crippen LogP contribution in [0.2, 0.25) is 0 Å². The Labute approximate surface area is 109 Å². The fraction of sp³-hybridized carbons (Fsp3) is 0.133. The Morgan fingerprint density at radius 1 is 1.11 bits per heavy atom. The molecule has 0 aliphatic carbocycles. The van der Waals surface area contributed by atoms with Crippen LogP contribution in [0.4, 0.5) is 8.78 Å². The van der Waals surface area contributed by atoms with Gasteiger partial charge in [0.15, 0.2) is 17.3 Å². The Kier molecular flexibility index (Phi) is 3.90. The fourth-order valence-electron chi connectivity index (χ4n) is 1.77. The third-order valence-electron chi connectivity index (χ3n) is 2.76. The maximum absolute atomic E-state index is 13.9. The van der Waals surface area contributed by atoms with E-state index in [0.717, 1.165) is 0 Å². The second kappa shape index (κ2) is 5.61. The molecule has 0 fully saturated rings. The summed E-state index contributed by atoms with van der Waals surface area (Å²) in [5.74, 6) is -1.38. The van der Waals surface area contributed by atoms with Crippen molar-refractivity contribution in [3.8, 4) is 5.75 Å². The van der Waals surface area contributed by atoms with Crippen LogP contribution in [0.5, 0.6) is 5.75 Å². The molecule has 0 amide bonds. The molecule has 0 heterocycles. The van der Waals surface area contributed by atoms with Crippen molar-refractivity contribution in [3.63, 3.8) is 0 Å². The summed E-state index contributed by atoms with van der Waals surface area (Å²) >= 11 is 0. The maximum atomic E-state index is 13.9. The number of hydrogen-bond donors (Lipinski definition) is 0. The standard InChI is InChI=1S/C15H12F2O2/c1-19-14-4-2-3-12(15(14)17)13(18)9-10-5-7-11(16)8-6-10/h2-8H,9H2,1H3. The number of hydrogen-bond acceptors (Lipinski definition) is 2. The zero-order valence-electron chi connectivity index (χ0n) is 10.3. The van der Waals surface area contributed by atoms with E-state index in [2.05, 4.69) is 0 Å². The van der Waals surface area contributed by atoms with Crippen LogP contribution in [0.3, 0.4) is 0 Å². The number of methoxy groups -OCH3 is 1. The molecule has 0 unspecified atom stereocenters. The van der Waals surface area contributed by atoms with Gasteiger partial charge in [0.1, 0.15) is 5.82 Å². The van der Waals surface area contributed by atoms with E-state index in [9.17, 15) is 13.6 Å². The molecule has 0 saturated heterocycles. The summed E-state index contributed by atoms with van der Waals surface area (Å²) in [5, 5.41) is 0. The molecule has 0 radical (unpaired) electrons. The van der Waals surface area contributed by atoms with Crippen LogP contribution < -0.4 is 4.74 Å². The quantitative estimate of drug-likeness (QED) is 0.789. The number of carbonyl (C=O) groups excluding carboxylic acids is 1. The molecule has 0 atom stereocenters. The van der Waals surface area contributed by atoms with E-state index in [1.54, 1.807) is 6.07 Å². The van der Waals surface area contributed by atoms with E-state index in [4.69, 9.17) is 4.74 Å². The molecule has 4 heteroatoms. The van der Waals surface area contributed by atoms with Gasteiger partial charge < -0.3 is 4.74 Å². The van der Waals surface area contributed by atoms with Crippen molar-refractivity contribution in [2.45, 2.75) is 6.42 Å². The SMILES string of the molecule is COc1cccc(C(=O)Cc2ccc(F)cc2)c1F. The number of Topliss-reactive ketones (excluding diaryl/α,β-unsaturated/α-hetero) is 1. The highest BCUT2D eigenvalue weighted by molar-refractivity contribution is 5.98. The van der Waals surface area contributed by atoms with Crippen LogP contribution in [0.1, 0.15) is 15.9 Å². The molecule has 2 aromatic rings. The molecule has 98 valence electrons. The van der Waals surface area contributed by atoms with Gasteiger partial charge >= 0.3 is 0 Å². The van der Waals surface area contributed by atoms with Crippen molar-refractivity contribution >= 4 is 5.78 Å². The van der Waals surface area contributed by atoms with Gasteiger partial charge in [-0.3, -0.25) is 4.79 Å². The lowest BCUT2D eigenvalue weighted by Gasteiger charge is -2.06. The molecule has 0 aromatic heterocycles. The summed E-state index contributed by atoms with van der Waals surface area (Å²) in [6, 6.07) is 9.96. The summed E-state index contributed by atoms with van der Waals surface area (Å²) < 4.78 is 31.5. The largest absolute Gasteiger partial charge is 0.494 e. The summed E-state index contributed by atoms with van der Waals surface area (Å²) in [4.78, 5) is 12.0. The number of carbonyl (C=O) groups is 1. The Hall–Kier alpha value is -2.23. The van der Waals surface area contributed by atoms with Crippen LogP contribution >= 0.6 is 0 Å². The van der Waals surface area contributed by atoms with E-state index in [1.807, 2.05) is 0 Å². The predicted octanol–water partition coefficient (Wildman–Crippen LogP) is 3.40. The Morgan fingerprint density at radius 3 is 2.42 bits per heavy atom. The van der Waals surface area contributed by atoms with Gasteiger partial charge in [0.2, 0.25) is 0 Å². The zero-order valence-corrected chi connectivity index (χ0v) is 10.3. The van der Waals surface area contributed by atoms with Crippen LogP contribution in [0.15, 0.2) is 42.5 Å². The maximum Gasteiger partial charge on any atom is 0.175 e. The smallest absolute Gasteiger partial charge is 0.175 e. The van der Waals surface area contributed by atoms with Gasteiger partial charge in [0.05, 0.1) is 12.7 Å². The zero-order chi connectivity index (χ0) is 13.8.